The number of rotatable bonds is 12. The first-order valence-corrected chi connectivity index (χ1v) is 16.1. The first kappa shape index (κ1) is 31.9. The van der Waals surface area contributed by atoms with Gasteiger partial charge in [0.25, 0.3) is 0 Å². The molecule has 2 atom stereocenters. The van der Waals surface area contributed by atoms with Gasteiger partial charge in [-0.05, 0) is 54.8 Å². The summed E-state index contributed by atoms with van der Waals surface area (Å²) in [4.78, 5) is 29.2. The largest absolute Gasteiger partial charge is 0.352 e. The Morgan fingerprint density at radius 1 is 0.975 bits per heavy atom. The minimum atomic E-state index is -3.96. The van der Waals surface area contributed by atoms with Gasteiger partial charge in [0.15, 0.2) is 0 Å². The van der Waals surface area contributed by atoms with Gasteiger partial charge < -0.3 is 10.2 Å². The minimum absolute atomic E-state index is 0.0740. The van der Waals surface area contributed by atoms with Crippen LogP contribution in [0.5, 0.6) is 0 Å². The zero-order chi connectivity index (χ0) is 29.4. The summed E-state index contributed by atoms with van der Waals surface area (Å²) in [5.41, 5.74) is 1.71. The molecule has 0 aromatic heterocycles. The highest BCUT2D eigenvalue weighted by Gasteiger charge is 2.34. The fraction of sp³-hybridized carbons (Fsp3) is 0.310. The predicted molar refractivity (Wildman–Crippen MR) is 165 cm³/mol. The van der Waals surface area contributed by atoms with Crippen LogP contribution in [0.3, 0.4) is 0 Å². The van der Waals surface area contributed by atoms with E-state index in [2.05, 4.69) is 21.2 Å². The van der Waals surface area contributed by atoms with E-state index >= 15 is 0 Å². The number of nitrogens with one attached hydrogen (secondary N) is 1. The van der Waals surface area contributed by atoms with Crippen LogP contribution in [0, 0.1) is 0 Å². The molecular formula is C29H32BrCl2N3O4S. The maximum absolute atomic E-state index is 14.1. The van der Waals surface area contributed by atoms with Gasteiger partial charge in [0.05, 0.1) is 17.0 Å². The molecule has 214 valence electrons. The molecule has 0 saturated heterocycles. The highest BCUT2D eigenvalue weighted by atomic mass is 79.9. The molecule has 0 aliphatic carbocycles. The topological polar surface area (TPSA) is 86.8 Å². The number of anilines is 1. The van der Waals surface area contributed by atoms with Crippen LogP contribution >= 0.6 is 39.1 Å². The van der Waals surface area contributed by atoms with Crippen molar-refractivity contribution in [3.8, 4) is 0 Å². The van der Waals surface area contributed by atoms with Crippen LogP contribution in [0.15, 0.2) is 77.3 Å². The molecule has 0 saturated carbocycles. The summed E-state index contributed by atoms with van der Waals surface area (Å²) in [7, 11) is -3.96. The van der Waals surface area contributed by atoms with Crippen LogP contribution in [-0.4, -0.2) is 50.0 Å². The lowest BCUT2D eigenvalue weighted by molar-refractivity contribution is -0.140. The highest BCUT2D eigenvalue weighted by molar-refractivity contribution is 9.10. The van der Waals surface area contributed by atoms with E-state index in [1.807, 2.05) is 68.4 Å². The number of nitrogens with zero attached hydrogens (tertiary/aromatic N) is 2. The molecule has 0 aliphatic rings. The number of hydrogen-bond acceptors (Lipinski definition) is 4. The van der Waals surface area contributed by atoms with Gasteiger partial charge in [0, 0.05) is 28.5 Å². The standard InChI is InChI=1S/C29H32BrCl2N3O4S/c1-4-20(2)33-29(37)27(16-21-9-6-5-7-10-21)34(18-22-11-8-12-23(30)15-22)28(36)19-35(40(3,38)39)26-17-24(31)13-14-25(26)32/h5-15,17,20,27H,4,16,18-19H2,1-3H3,(H,33,37)/t20-,27+/m0/s1. The van der Waals surface area contributed by atoms with E-state index in [-0.39, 0.29) is 40.6 Å². The van der Waals surface area contributed by atoms with Gasteiger partial charge in [-0.15, -0.1) is 0 Å². The molecule has 11 heteroatoms. The molecule has 0 bridgehead atoms. The number of amides is 2. The number of carbonyl (C=O) groups excluding carboxylic acids is 2. The number of carbonyl (C=O) groups is 2. The SMILES string of the molecule is CC[C@H](C)NC(=O)[C@@H](Cc1ccccc1)N(Cc1cccc(Br)c1)C(=O)CN(c1cc(Cl)ccc1Cl)S(C)(=O)=O. The quantitative estimate of drug-likeness (QED) is 0.254. The second-order valence-corrected chi connectivity index (χ2v) is 13.2. The van der Waals surface area contributed by atoms with Crippen molar-refractivity contribution in [3.05, 3.63) is 98.4 Å². The summed E-state index contributed by atoms with van der Waals surface area (Å²) >= 11 is 16.0. The average molecular weight is 669 g/mol. The molecule has 3 aromatic carbocycles. The fourth-order valence-electron chi connectivity index (χ4n) is 4.10. The number of hydrogen-bond donors (Lipinski definition) is 1. The summed E-state index contributed by atoms with van der Waals surface area (Å²) in [5.74, 6) is -0.894. The molecular weight excluding hydrogens is 637 g/mol. The van der Waals surface area contributed by atoms with Gasteiger partial charge in [-0.2, -0.15) is 0 Å². The molecule has 0 unspecified atom stereocenters. The maximum Gasteiger partial charge on any atom is 0.244 e. The Hall–Kier alpha value is -2.59. The van der Waals surface area contributed by atoms with Gasteiger partial charge in [0.2, 0.25) is 21.8 Å². The molecule has 3 rings (SSSR count). The van der Waals surface area contributed by atoms with Gasteiger partial charge in [-0.3, -0.25) is 13.9 Å². The van der Waals surface area contributed by atoms with E-state index < -0.39 is 28.5 Å². The first-order chi connectivity index (χ1) is 18.9. The molecule has 7 nitrogen and oxygen atoms in total. The van der Waals surface area contributed by atoms with E-state index in [4.69, 9.17) is 23.2 Å². The van der Waals surface area contributed by atoms with Crippen molar-refractivity contribution in [2.45, 2.75) is 45.3 Å². The van der Waals surface area contributed by atoms with Gasteiger partial charge >= 0.3 is 0 Å². The summed E-state index contributed by atoms with van der Waals surface area (Å²) in [6.07, 6.45) is 1.94. The second kappa shape index (κ2) is 14.3. The first-order valence-electron chi connectivity index (χ1n) is 12.7. The van der Waals surface area contributed by atoms with Crippen molar-refractivity contribution >= 4 is 66.7 Å². The van der Waals surface area contributed by atoms with Crippen LogP contribution < -0.4 is 9.62 Å². The molecule has 0 fully saturated rings. The molecule has 0 aliphatic heterocycles. The Labute approximate surface area is 254 Å². The monoisotopic (exact) mass is 667 g/mol. The number of sulfonamides is 1. The molecule has 1 N–H and O–H groups in total. The van der Waals surface area contributed by atoms with E-state index in [0.717, 1.165) is 26.2 Å². The fourth-order valence-corrected chi connectivity index (χ4v) is 5.83. The van der Waals surface area contributed by atoms with E-state index in [1.165, 1.54) is 23.1 Å². The van der Waals surface area contributed by atoms with Crippen molar-refractivity contribution in [2.75, 3.05) is 17.1 Å². The summed E-state index contributed by atoms with van der Waals surface area (Å²) in [6.45, 7) is 3.35. The summed E-state index contributed by atoms with van der Waals surface area (Å²) in [5, 5.41) is 3.39. The lowest BCUT2D eigenvalue weighted by Crippen LogP contribution is -2.54. The molecule has 3 aromatic rings. The Kier molecular flexibility index (Phi) is 11.5. The highest BCUT2D eigenvalue weighted by Crippen LogP contribution is 2.31. The van der Waals surface area contributed by atoms with Crippen LogP contribution in [-0.2, 0) is 32.6 Å². The zero-order valence-electron chi connectivity index (χ0n) is 22.5. The third kappa shape index (κ3) is 8.96. The Bertz CT molecular complexity index is 1440. The van der Waals surface area contributed by atoms with E-state index in [0.29, 0.717) is 6.42 Å². The van der Waals surface area contributed by atoms with Gasteiger partial charge in [-0.1, -0.05) is 88.5 Å². The third-order valence-electron chi connectivity index (χ3n) is 6.37. The normalized spacial score (nSPS) is 12.8. The summed E-state index contributed by atoms with van der Waals surface area (Å²) in [6, 6.07) is 20.1. The van der Waals surface area contributed by atoms with E-state index in [1.54, 1.807) is 0 Å². The Morgan fingerprint density at radius 3 is 2.27 bits per heavy atom. The molecule has 0 radical (unpaired) electrons. The third-order valence-corrected chi connectivity index (χ3v) is 8.54. The van der Waals surface area contributed by atoms with Crippen LogP contribution in [0.1, 0.15) is 31.4 Å². The molecule has 0 heterocycles. The van der Waals surface area contributed by atoms with Crippen molar-refractivity contribution in [2.24, 2.45) is 0 Å². The lowest BCUT2D eigenvalue weighted by Gasteiger charge is -2.34. The second-order valence-electron chi connectivity index (χ2n) is 9.54. The number of benzene rings is 3. The van der Waals surface area contributed by atoms with Crippen molar-refractivity contribution < 1.29 is 18.0 Å². The Balaban J connectivity index is 2.09. The maximum atomic E-state index is 14.1. The van der Waals surface area contributed by atoms with Crippen molar-refractivity contribution in [3.63, 3.8) is 0 Å². The Morgan fingerprint density at radius 2 is 1.65 bits per heavy atom. The minimum Gasteiger partial charge on any atom is -0.352 e. The molecule has 0 spiro atoms. The molecule has 2 amide bonds. The van der Waals surface area contributed by atoms with Crippen molar-refractivity contribution in [1.82, 2.24) is 10.2 Å². The van der Waals surface area contributed by atoms with Crippen LogP contribution in [0.25, 0.3) is 0 Å². The lowest BCUT2D eigenvalue weighted by atomic mass is 10.0. The van der Waals surface area contributed by atoms with Crippen LogP contribution in [0.2, 0.25) is 10.0 Å². The smallest absolute Gasteiger partial charge is 0.244 e. The predicted octanol–water partition coefficient (Wildman–Crippen LogP) is 6.08. The van der Waals surface area contributed by atoms with E-state index in [9.17, 15) is 18.0 Å². The average Bonchev–Trinajstić information content (AvgIpc) is 2.90. The van der Waals surface area contributed by atoms with Gasteiger partial charge in [0.1, 0.15) is 12.6 Å². The number of halogens is 3. The molecule has 40 heavy (non-hydrogen) atoms. The van der Waals surface area contributed by atoms with Crippen molar-refractivity contribution in [1.29, 1.82) is 0 Å². The van der Waals surface area contributed by atoms with Crippen LogP contribution in [0.4, 0.5) is 5.69 Å². The summed E-state index contributed by atoms with van der Waals surface area (Å²) < 4.78 is 27.5. The zero-order valence-corrected chi connectivity index (χ0v) is 26.4. The van der Waals surface area contributed by atoms with Gasteiger partial charge in [-0.25, -0.2) is 8.42 Å².